The number of fused-ring (bicyclic) bond motifs is 3. The lowest BCUT2D eigenvalue weighted by atomic mass is 9.86. The van der Waals surface area contributed by atoms with Crippen LogP contribution >= 0.6 is 0 Å². The Morgan fingerprint density at radius 3 is 0.859 bits per heavy atom. The van der Waals surface area contributed by atoms with E-state index in [4.69, 9.17) is 29.9 Å². The summed E-state index contributed by atoms with van der Waals surface area (Å²) in [4.78, 5) is 31.8. The van der Waals surface area contributed by atoms with Gasteiger partial charge in [0.1, 0.15) is 0 Å². The first kappa shape index (κ1) is 47.1. The molecule has 0 saturated carbocycles. The van der Waals surface area contributed by atoms with Gasteiger partial charge in [-0.05, 0) is 74.2 Å². The first-order valence-electron chi connectivity index (χ1n) is 24.8. The minimum atomic E-state index is -0.0130. The van der Waals surface area contributed by atoms with E-state index < -0.39 is 0 Å². The van der Waals surface area contributed by atoms with Crippen LogP contribution in [0.1, 0.15) is 105 Å². The molecule has 0 bridgehead atoms. The van der Waals surface area contributed by atoms with E-state index >= 15 is 0 Å². The smallest absolute Gasteiger partial charge is 0.166 e. The van der Waals surface area contributed by atoms with E-state index in [1.807, 2.05) is 0 Å². The molecule has 7 aromatic carbocycles. The first-order chi connectivity index (χ1) is 33.7. The summed E-state index contributed by atoms with van der Waals surface area (Å²) >= 11 is 0. The van der Waals surface area contributed by atoms with Gasteiger partial charge < -0.3 is 4.57 Å². The van der Waals surface area contributed by atoms with Crippen LogP contribution in [0.3, 0.4) is 0 Å². The maximum atomic E-state index is 5.41. The van der Waals surface area contributed by atoms with Gasteiger partial charge in [0.05, 0.1) is 16.7 Å². The Morgan fingerprint density at radius 2 is 0.549 bits per heavy atom. The fourth-order valence-corrected chi connectivity index (χ4v) is 9.23. The fraction of sp³-hybridized carbons (Fsp3) is 0.250. The Morgan fingerprint density at radius 1 is 0.282 bits per heavy atom. The highest BCUT2D eigenvalue weighted by Crippen LogP contribution is 2.39. The minimum Gasteiger partial charge on any atom is -0.309 e. The Kier molecular flexibility index (Phi) is 11.7. The van der Waals surface area contributed by atoms with E-state index in [1.54, 1.807) is 0 Å². The van der Waals surface area contributed by atoms with Gasteiger partial charge in [0.15, 0.2) is 34.9 Å². The number of hydrogen-bond donors (Lipinski definition) is 0. The van der Waals surface area contributed by atoms with Crippen molar-refractivity contribution in [2.75, 3.05) is 0 Å². The Balaban J connectivity index is 1.24. The average molecular weight is 930 g/mol. The summed E-state index contributed by atoms with van der Waals surface area (Å²) < 4.78 is 2.33. The van der Waals surface area contributed by atoms with Crippen molar-refractivity contribution in [1.82, 2.24) is 34.5 Å². The molecule has 0 spiro atoms. The molecule has 0 unspecified atom stereocenters. The van der Waals surface area contributed by atoms with E-state index in [-0.39, 0.29) is 21.7 Å². The molecule has 0 radical (unpaired) electrons. The second-order valence-electron chi connectivity index (χ2n) is 23.0. The van der Waals surface area contributed by atoms with Crippen LogP contribution in [0.25, 0.3) is 95.8 Å². The molecule has 3 aromatic heterocycles. The van der Waals surface area contributed by atoms with Gasteiger partial charge in [0.25, 0.3) is 0 Å². The van der Waals surface area contributed by atoms with Crippen molar-refractivity contribution in [2.24, 2.45) is 0 Å². The molecule has 0 saturated heterocycles. The standard InChI is InChI=1S/C64H63N7/c1-61(2,3)45-30-21-40(22-31-45)55-65-56(41-23-32-46(33-24-41)62(4,5)6)68-59(67-55)44-29-38-54(71-52-19-15-13-17-49(52)50-18-14-16-20-53(50)71)51(39-44)60-69-57(42-25-34-47(35-26-42)63(7,8)9)66-58(70-60)43-27-36-48(37-28-43)64(10,11)12/h13-39H,1-12H3. The molecular formula is C64H63N7. The summed E-state index contributed by atoms with van der Waals surface area (Å²) in [6.45, 7) is 26.8. The van der Waals surface area contributed by atoms with Crippen LogP contribution in [0.4, 0.5) is 0 Å². The van der Waals surface area contributed by atoms with Gasteiger partial charge in [-0.1, -0.05) is 217 Å². The molecule has 0 N–H and O–H groups in total. The first-order valence-corrected chi connectivity index (χ1v) is 24.8. The number of aromatic nitrogens is 7. The molecule has 7 nitrogen and oxygen atoms in total. The van der Waals surface area contributed by atoms with E-state index in [0.717, 1.165) is 60.9 Å². The quantitative estimate of drug-likeness (QED) is 0.158. The summed E-state index contributed by atoms with van der Waals surface area (Å²) in [7, 11) is 0. The molecule has 0 atom stereocenters. The molecular weight excluding hydrogens is 867 g/mol. The van der Waals surface area contributed by atoms with Crippen LogP contribution in [-0.4, -0.2) is 34.5 Å². The van der Waals surface area contributed by atoms with Crippen molar-refractivity contribution >= 4 is 21.8 Å². The molecule has 10 rings (SSSR count). The van der Waals surface area contributed by atoms with E-state index in [0.29, 0.717) is 34.9 Å². The summed E-state index contributed by atoms with van der Waals surface area (Å²) in [6.07, 6.45) is 0. The van der Waals surface area contributed by atoms with Crippen molar-refractivity contribution in [3.05, 3.63) is 186 Å². The Bertz CT molecular complexity index is 3370. The van der Waals surface area contributed by atoms with Gasteiger partial charge >= 0.3 is 0 Å². The zero-order valence-corrected chi connectivity index (χ0v) is 43.2. The van der Waals surface area contributed by atoms with E-state index in [9.17, 15) is 0 Å². The van der Waals surface area contributed by atoms with Gasteiger partial charge in [0, 0.05) is 44.2 Å². The monoisotopic (exact) mass is 930 g/mol. The lowest BCUT2D eigenvalue weighted by Gasteiger charge is -2.20. The average Bonchev–Trinajstić information content (AvgIpc) is 3.69. The van der Waals surface area contributed by atoms with Gasteiger partial charge in [0.2, 0.25) is 0 Å². The van der Waals surface area contributed by atoms with Crippen molar-refractivity contribution in [3.8, 4) is 74.0 Å². The lowest BCUT2D eigenvalue weighted by molar-refractivity contribution is 0.590. The minimum absolute atomic E-state index is 0.00220. The summed E-state index contributed by atoms with van der Waals surface area (Å²) in [5.74, 6) is 3.46. The van der Waals surface area contributed by atoms with Crippen LogP contribution in [0.2, 0.25) is 0 Å². The van der Waals surface area contributed by atoms with Crippen LogP contribution in [0.5, 0.6) is 0 Å². The van der Waals surface area contributed by atoms with Crippen molar-refractivity contribution in [3.63, 3.8) is 0 Å². The Labute approximate surface area is 419 Å². The third-order valence-electron chi connectivity index (χ3n) is 13.6. The van der Waals surface area contributed by atoms with Crippen LogP contribution in [-0.2, 0) is 21.7 Å². The van der Waals surface area contributed by atoms with Crippen molar-refractivity contribution < 1.29 is 0 Å². The lowest BCUT2D eigenvalue weighted by Crippen LogP contribution is -2.11. The number of hydrogen-bond acceptors (Lipinski definition) is 6. The summed E-state index contributed by atoms with van der Waals surface area (Å²) in [5.41, 5.74) is 13.3. The molecule has 10 aromatic rings. The van der Waals surface area contributed by atoms with Crippen LogP contribution in [0, 0.1) is 0 Å². The Hall–Kier alpha value is -7.64. The summed E-state index contributed by atoms with van der Waals surface area (Å²) in [5, 5.41) is 2.32. The molecule has 71 heavy (non-hydrogen) atoms. The van der Waals surface area contributed by atoms with Gasteiger partial charge in [-0.25, -0.2) is 29.9 Å². The third kappa shape index (κ3) is 9.41. The maximum absolute atomic E-state index is 5.41. The molecule has 7 heteroatoms. The van der Waals surface area contributed by atoms with E-state index in [1.165, 1.54) is 22.3 Å². The molecule has 0 fully saturated rings. The zero-order valence-electron chi connectivity index (χ0n) is 43.2. The predicted octanol–water partition coefficient (Wildman–Crippen LogP) is 16.3. The normalized spacial score (nSPS) is 12.5. The largest absolute Gasteiger partial charge is 0.309 e. The fourth-order valence-electron chi connectivity index (χ4n) is 9.23. The number of benzene rings is 7. The molecule has 0 aliphatic carbocycles. The zero-order chi connectivity index (χ0) is 50.0. The SMILES string of the molecule is CC(C)(C)c1ccc(-c2nc(-c3ccc(C(C)(C)C)cc3)nc(-c3ccc(-n4c5ccccc5c5ccccc54)c(-c4nc(-c5ccc(C(C)(C)C)cc5)nc(-c5ccc(C(C)(C)C)cc5)n4)c3)n2)cc1. The molecule has 0 amide bonds. The molecule has 0 aliphatic rings. The highest BCUT2D eigenvalue weighted by atomic mass is 15.1. The van der Waals surface area contributed by atoms with E-state index in [2.05, 4.69) is 251 Å². The molecule has 3 heterocycles. The second kappa shape index (κ2) is 17.6. The number of rotatable bonds is 7. The van der Waals surface area contributed by atoms with Crippen molar-refractivity contribution in [1.29, 1.82) is 0 Å². The highest BCUT2D eigenvalue weighted by molar-refractivity contribution is 6.09. The number of para-hydroxylation sites is 2. The maximum Gasteiger partial charge on any atom is 0.166 e. The number of nitrogens with zero attached hydrogens (tertiary/aromatic N) is 7. The topological polar surface area (TPSA) is 82.3 Å². The second-order valence-corrected chi connectivity index (χ2v) is 23.0. The predicted molar refractivity (Wildman–Crippen MR) is 295 cm³/mol. The summed E-state index contributed by atoms with van der Waals surface area (Å²) in [6, 6.07) is 58.1. The van der Waals surface area contributed by atoms with Crippen LogP contribution < -0.4 is 0 Å². The third-order valence-corrected chi connectivity index (χ3v) is 13.6. The van der Waals surface area contributed by atoms with Gasteiger partial charge in [-0.3, -0.25) is 0 Å². The molecule has 0 aliphatic heterocycles. The molecule has 354 valence electrons. The van der Waals surface area contributed by atoms with Gasteiger partial charge in [-0.2, -0.15) is 0 Å². The van der Waals surface area contributed by atoms with Gasteiger partial charge in [-0.15, -0.1) is 0 Å². The van der Waals surface area contributed by atoms with Crippen molar-refractivity contribution in [2.45, 2.75) is 105 Å². The highest BCUT2D eigenvalue weighted by Gasteiger charge is 2.24. The van der Waals surface area contributed by atoms with Crippen LogP contribution in [0.15, 0.2) is 164 Å².